The lowest BCUT2D eigenvalue weighted by Crippen LogP contribution is -2.39. The normalized spacial score (nSPS) is 16.5. The Morgan fingerprint density at radius 2 is 1.90 bits per heavy atom. The first-order valence-corrected chi connectivity index (χ1v) is 11.3. The Morgan fingerprint density at radius 1 is 1.13 bits per heavy atom. The van der Waals surface area contributed by atoms with Gasteiger partial charge >= 0.3 is 0 Å². The second kappa shape index (κ2) is 11.7. The maximum absolute atomic E-state index is 13.0. The number of carbonyl (C=O) groups is 1. The molecule has 0 aliphatic carbocycles. The fourth-order valence-corrected chi connectivity index (χ4v) is 4.05. The van der Waals surface area contributed by atoms with Crippen LogP contribution in [-0.4, -0.2) is 61.6 Å². The van der Waals surface area contributed by atoms with Crippen molar-refractivity contribution in [2.24, 2.45) is 0 Å². The van der Waals surface area contributed by atoms with E-state index in [1.54, 1.807) is 7.11 Å². The van der Waals surface area contributed by atoms with Crippen LogP contribution in [0.3, 0.4) is 0 Å². The molecule has 6 heteroatoms. The van der Waals surface area contributed by atoms with Gasteiger partial charge in [-0.1, -0.05) is 44.2 Å². The summed E-state index contributed by atoms with van der Waals surface area (Å²) in [6.07, 6.45) is 1.91. The lowest BCUT2D eigenvalue weighted by Gasteiger charge is -2.24. The molecule has 2 aromatic carbocycles. The third-order valence-corrected chi connectivity index (χ3v) is 5.89. The monoisotopic (exact) mass is 425 g/mol. The van der Waals surface area contributed by atoms with Gasteiger partial charge in [0.15, 0.2) is 11.5 Å². The number of likely N-dealkylation sites (tertiary alicyclic amines) is 1. The Hall–Kier alpha value is -2.57. The first-order valence-electron chi connectivity index (χ1n) is 11.3. The number of nitrogens with zero attached hydrogens (tertiary/aromatic N) is 2. The lowest BCUT2D eigenvalue weighted by molar-refractivity contribution is -0.120. The lowest BCUT2D eigenvalue weighted by atomic mass is 10.1. The molecule has 0 spiro atoms. The van der Waals surface area contributed by atoms with Gasteiger partial charge in [0.2, 0.25) is 5.91 Å². The van der Waals surface area contributed by atoms with E-state index in [9.17, 15) is 4.79 Å². The molecule has 0 aromatic heterocycles. The molecule has 168 valence electrons. The number of rotatable bonds is 11. The molecule has 1 aliphatic heterocycles. The summed E-state index contributed by atoms with van der Waals surface area (Å²) in [6.45, 7) is 9.43. The summed E-state index contributed by atoms with van der Waals surface area (Å²) in [5.74, 6) is 1.36. The molecule has 1 saturated heterocycles. The SMILES string of the molecule is CCN(CC)CCOc1cc(NC(=O)C2CCCN2Cc2ccccc2)ccc1OC. The number of ether oxygens (including phenoxy) is 2. The van der Waals surface area contributed by atoms with Gasteiger partial charge in [-0.25, -0.2) is 0 Å². The fraction of sp³-hybridized carbons (Fsp3) is 0.480. The number of nitrogens with one attached hydrogen (secondary N) is 1. The summed E-state index contributed by atoms with van der Waals surface area (Å²) in [6, 6.07) is 15.8. The van der Waals surface area contributed by atoms with Crippen molar-refractivity contribution in [2.75, 3.05) is 45.2 Å². The molecule has 1 amide bonds. The predicted molar refractivity (Wildman–Crippen MR) is 125 cm³/mol. The molecule has 6 nitrogen and oxygen atoms in total. The molecule has 1 heterocycles. The highest BCUT2D eigenvalue weighted by molar-refractivity contribution is 5.95. The average Bonchev–Trinajstić information content (AvgIpc) is 3.26. The van der Waals surface area contributed by atoms with E-state index in [0.717, 1.165) is 51.3 Å². The van der Waals surface area contributed by atoms with E-state index in [4.69, 9.17) is 9.47 Å². The van der Waals surface area contributed by atoms with Crippen LogP contribution in [0.25, 0.3) is 0 Å². The van der Waals surface area contributed by atoms with Gasteiger partial charge in [0.1, 0.15) is 6.61 Å². The highest BCUT2D eigenvalue weighted by atomic mass is 16.5. The van der Waals surface area contributed by atoms with Crippen molar-refractivity contribution in [3.8, 4) is 11.5 Å². The maximum Gasteiger partial charge on any atom is 0.241 e. The molecule has 1 N–H and O–H groups in total. The minimum atomic E-state index is -0.116. The number of amides is 1. The third-order valence-electron chi connectivity index (χ3n) is 5.89. The van der Waals surface area contributed by atoms with Crippen LogP contribution in [0.15, 0.2) is 48.5 Å². The molecule has 1 fully saturated rings. The molecule has 31 heavy (non-hydrogen) atoms. The van der Waals surface area contributed by atoms with Crippen LogP contribution in [-0.2, 0) is 11.3 Å². The van der Waals surface area contributed by atoms with Crippen LogP contribution < -0.4 is 14.8 Å². The van der Waals surface area contributed by atoms with Gasteiger partial charge in [-0.2, -0.15) is 0 Å². The highest BCUT2D eigenvalue weighted by Crippen LogP contribution is 2.31. The van der Waals surface area contributed by atoms with Crippen molar-refractivity contribution >= 4 is 11.6 Å². The number of carbonyl (C=O) groups excluding carboxylic acids is 1. The van der Waals surface area contributed by atoms with Crippen molar-refractivity contribution in [1.29, 1.82) is 0 Å². The van der Waals surface area contributed by atoms with E-state index in [1.165, 1.54) is 5.56 Å². The van der Waals surface area contributed by atoms with Gasteiger partial charge in [0.05, 0.1) is 13.2 Å². The van der Waals surface area contributed by atoms with E-state index in [0.29, 0.717) is 18.1 Å². The molecule has 2 aromatic rings. The zero-order valence-electron chi connectivity index (χ0n) is 19.0. The second-order valence-corrected chi connectivity index (χ2v) is 7.84. The molecule has 1 atom stereocenters. The first-order chi connectivity index (χ1) is 15.1. The summed E-state index contributed by atoms with van der Waals surface area (Å²) in [7, 11) is 1.63. The fourth-order valence-electron chi connectivity index (χ4n) is 4.05. The Morgan fingerprint density at radius 3 is 2.61 bits per heavy atom. The van der Waals surface area contributed by atoms with E-state index in [2.05, 4.69) is 41.1 Å². The largest absolute Gasteiger partial charge is 0.493 e. The van der Waals surface area contributed by atoms with E-state index < -0.39 is 0 Å². The number of likely N-dealkylation sites (N-methyl/N-ethyl adjacent to an activating group) is 1. The Labute approximate surface area is 186 Å². The topological polar surface area (TPSA) is 54.0 Å². The van der Waals surface area contributed by atoms with E-state index in [-0.39, 0.29) is 11.9 Å². The van der Waals surface area contributed by atoms with Crippen LogP contribution >= 0.6 is 0 Å². The zero-order valence-corrected chi connectivity index (χ0v) is 19.0. The number of hydrogen-bond acceptors (Lipinski definition) is 5. The smallest absolute Gasteiger partial charge is 0.241 e. The number of hydrogen-bond donors (Lipinski definition) is 1. The van der Waals surface area contributed by atoms with Crippen molar-refractivity contribution in [3.63, 3.8) is 0 Å². The molecule has 0 bridgehead atoms. The van der Waals surface area contributed by atoms with Crippen LogP contribution in [0.4, 0.5) is 5.69 Å². The summed E-state index contributed by atoms with van der Waals surface area (Å²) < 4.78 is 11.4. The standard InChI is InChI=1S/C25H35N3O3/c1-4-27(5-2)16-17-31-24-18-21(13-14-23(24)30-3)26-25(29)22-12-9-15-28(22)19-20-10-7-6-8-11-20/h6-8,10-11,13-14,18,22H,4-5,9,12,15-17,19H2,1-3H3,(H,26,29). The van der Waals surface area contributed by atoms with Gasteiger partial charge in [-0.05, 0) is 50.2 Å². The van der Waals surface area contributed by atoms with Gasteiger partial charge in [0, 0.05) is 24.8 Å². The quantitative estimate of drug-likeness (QED) is 0.589. The van der Waals surface area contributed by atoms with Gasteiger partial charge in [0.25, 0.3) is 0 Å². The molecular formula is C25H35N3O3. The van der Waals surface area contributed by atoms with Crippen LogP contribution in [0.1, 0.15) is 32.3 Å². The van der Waals surface area contributed by atoms with Gasteiger partial charge in [-0.3, -0.25) is 9.69 Å². The van der Waals surface area contributed by atoms with Crippen LogP contribution in [0.2, 0.25) is 0 Å². The minimum Gasteiger partial charge on any atom is -0.493 e. The van der Waals surface area contributed by atoms with E-state index in [1.807, 2.05) is 36.4 Å². The highest BCUT2D eigenvalue weighted by Gasteiger charge is 2.30. The Balaban J connectivity index is 1.62. The van der Waals surface area contributed by atoms with Crippen molar-refractivity contribution in [2.45, 2.75) is 39.3 Å². The molecule has 0 saturated carbocycles. The Kier molecular flexibility index (Phi) is 8.74. The average molecular weight is 426 g/mol. The Bertz CT molecular complexity index is 824. The molecule has 0 radical (unpaired) electrons. The molecule has 1 aliphatic rings. The number of anilines is 1. The summed E-state index contributed by atoms with van der Waals surface area (Å²) in [5, 5.41) is 3.09. The number of methoxy groups -OCH3 is 1. The first kappa shape index (κ1) is 23.1. The van der Waals surface area contributed by atoms with Crippen molar-refractivity contribution in [3.05, 3.63) is 54.1 Å². The summed E-state index contributed by atoms with van der Waals surface area (Å²) in [4.78, 5) is 17.6. The second-order valence-electron chi connectivity index (χ2n) is 7.84. The van der Waals surface area contributed by atoms with Crippen molar-refractivity contribution < 1.29 is 14.3 Å². The van der Waals surface area contributed by atoms with Crippen LogP contribution in [0, 0.1) is 0 Å². The minimum absolute atomic E-state index is 0.0349. The van der Waals surface area contributed by atoms with Gasteiger partial charge in [-0.15, -0.1) is 0 Å². The van der Waals surface area contributed by atoms with Crippen LogP contribution in [0.5, 0.6) is 11.5 Å². The number of benzene rings is 2. The third kappa shape index (κ3) is 6.45. The predicted octanol–water partition coefficient (Wildman–Crippen LogP) is 4.02. The zero-order chi connectivity index (χ0) is 22.1. The van der Waals surface area contributed by atoms with Gasteiger partial charge < -0.3 is 19.7 Å². The molecule has 3 rings (SSSR count). The maximum atomic E-state index is 13.0. The summed E-state index contributed by atoms with van der Waals surface area (Å²) in [5.41, 5.74) is 1.96. The summed E-state index contributed by atoms with van der Waals surface area (Å²) >= 11 is 0. The molecular weight excluding hydrogens is 390 g/mol. The van der Waals surface area contributed by atoms with E-state index >= 15 is 0 Å². The molecule has 1 unspecified atom stereocenters. The van der Waals surface area contributed by atoms with Crippen molar-refractivity contribution in [1.82, 2.24) is 9.80 Å².